The van der Waals surface area contributed by atoms with Crippen LogP contribution < -0.4 is 0 Å². The number of rotatable bonds is 4. The van der Waals surface area contributed by atoms with E-state index in [1.165, 1.54) is 32.4 Å². The Bertz CT molecular complexity index is 773. The largest absolute Gasteiger partial charge is 0.335 e. The molecule has 2 aliphatic rings. The molecule has 5 heteroatoms. The van der Waals surface area contributed by atoms with Crippen molar-refractivity contribution in [2.45, 2.75) is 45.1 Å². The van der Waals surface area contributed by atoms with Gasteiger partial charge in [0, 0.05) is 30.3 Å². The van der Waals surface area contributed by atoms with E-state index in [4.69, 9.17) is 0 Å². The zero-order valence-corrected chi connectivity index (χ0v) is 16.3. The van der Waals surface area contributed by atoms with Crippen LogP contribution in [0.5, 0.6) is 0 Å². The molecule has 1 amide bonds. The highest BCUT2D eigenvalue weighted by atomic mass is 16.2. The number of hydrogen-bond acceptors (Lipinski definition) is 4. The maximum Gasteiger partial charge on any atom is 0.253 e. The van der Waals surface area contributed by atoms with Gasteiger partial charge in [-0.15, -0.1) is 0 Å². The zero-order chi connectivity index (χ0) is 18.8. The van der Waals surface area contributed by atoms with Crippen LogP contribution in [0.2, 0.25) is 0 Å². The Hall–Kier alpha value is -2.27. The van der Waals surface area contributed by atoms with Crippen LogP contribution in [0.1, 0.15) is 55.1 Å². The van der Waals surface area contributed by atoms with Gasteiger partial charge in [-0.05, 0) is 56.1 Å². The Balaban J connectivity index is 1.37. The Morgan fingerprint density at radius 1 is 0.963 bits per heavy atom. The first-order valence-electron chi connectivity index (χ1n) is 10.1. The first-order chi connectivity index (χ1) is 13.1. The normalized spacial score (nSPS) is 18.6. The summed E-state index contributed by atoms with van der Waals surface area (Å²) in [5, 5.41) is 8.60. The highest BCUT2D eigenvalue weighted by Crippen LogP contribution is 2.23. The van der Waals surface area contributed by atoms with Crippen molar-refractivity contribution in [3.63, 3.8) is 0 Å². The standard InChI is InChI=1S/C22H28N4O/c1-16(2)20-10-11-21(24-23-20)17-6-8-18(9-7-17)22(27)26-14-19(15-26)25-12-4-3-5-13-25/h6-11,16,19H,3-5,12-15H2,1-2H3. The summed E-state index contributed by atoms with van der Waals surface area (Å²) < 4.78 is 0. The Morgan fingerprint density at radius 2 is 1.67 bits per heavy atom. The fourth-order valence-electron chi connectivity index (χ4n) is 3.91. The van der Waals surface area contributed by atoms with E-state index in [0.29, 0.717) is 12.0 Å². The van der Waals surface area contributed by atoms with E-state index >= 15 is 0 Å². The van der Waals surface area contributed by atoms with E-state index < -0.39 is 0 Å². The highest BCUT2D eigenvalue weighted by Gasteiger charge is 2.35. The molecule has 0 bridgehead atoms. The molecule has 2 aliphatic heterocycles. The van der Waals surface area contributed by atoms with E-state index in [0.717, 1.165) is 35.6 Å². The van der Waals surface area contributed by atoms with Gasteiger partial charge in [0.05, 0.1) is 11.4 Å². The minimum atomic E-state index is 0.135. The van der Waals surface area contributed by atoms with Crippen molar-refractivity contribution in [3.05, 3.63) is 47.7 Å². The second-order valence-electron chi connectivity index (χ2n) is 8.04. The van der Waals surface area contributed by atoms with Crippen molar-refractivity contribution in [1.82, 2.24) is 20.0 Å². The van der Waals surface area contributed by atoms with Gasteiger partial charge in [0.25, 0.3) is 5.91 Å². The number of nitrogens with zero attached hydrogens (tertiary/aromatic N) is 4. The average Bonchev–Trinajstić information content (AvgIpc) is 2.68. The number of hydrogen-bond donors (Lipinski definition) is 0. The van der Waals surface area contributed by atoms with Gasteiger partial charge in [-0.25, -0.2) is 0 Å². The molecule has 0 atom stereocenters. The number of amides is 1. The van der Waals surface area contributed by atoms with Crippen LogP contribution >= 0.6 is 0 Å². The quantitative estimate of drug-likeness (QED) is 0.832. The number of carbonyl (C=O) groups excluding carboxylic acids is 1. The third-order valence-corrected chi connectivity index (χ3v) is 5.76. The van der Waals surface area contributed by atoms with Gasteiger partial charge < -0.3 is 4.90 Å². The minimum Gasteiger partial charge on any atom is -0.335 e. The van der Waals surface area contributed by atoms with Gasteiger partial charge in [0.1, 0.15) is 0 Å². The summed E-state index contributed by atoms with van der Waals surface area (Å²) in [7, 11) is 0. The van der Waals surface area contributed by atoms with Crippen molar-refractivity contribution in [1.29, 1.82) is 0 Å². The van der Waals surface area contributed by atoms with E-state index in [1.807, 2.05) is 41.3 Å². The zero-order valence-electron chi connectivity index (χ0n) is 16.3. The summed E-state index contributed by atoms with van der Waals surface area (Å²) in [5.74, 6) is 0.507. The first-order valence-corrected chi connectivity index (χ1v) is 10.1. The second-order valence-corrected chi connectivity index (χ2v) is 8.04. The lowest BCUT2D eigenvalue weighted by atomic mass is 10.0. The minimum absolute atomic E-state index is 0.135. The number of piperidine rings is 1. The van der Waals surface area contributed by atoms with Crippen molar-refractivity contribution >= 4 is 5.91 Å². The lowest BCUT2D eigenvalue weighted by Crippen LogP contribution is -2.61. The molecule has 27 heavy (non-hydrogen) atoms. The van der Waals surface area contributed by atoms with E-state index in [2.05, 4.69) is 28.9 Å². The number of likely N-dealkylation sites (tertiary alicyclic amines) is 2. The lowest BCUT2D eigenvalue weighted by Gasteiger charge is -2.46. The maximum absolute atomic E-state index is 12.7. The molecule has 1 aromatic carbocycles. The van der Waals surface area contributed by atoms with E-state index in [9.17, 15) is 4.79 Å². The predicted octanol–water partition coefficient (Wildman–Crippen LogP) is 3.58. The van der Waals surface area contributed by atoms with Crippen LogP contribution in [-0.4, -0.2) is 58.1 Å². The SMILES string of the molecule is CC(C)c1ccc(-c2ccc(C(=O)N3CC(N4CCCCC4)C3)cc2)nn1. The predicted molar refractivity (Wildman–Crippen MR) is 107 cm³/mol. The monoisotopic (exact) mass is 364 g/mol. The van der Waals surface area contributed by atoms with Gasteiger partial charge in [-0.2, -0.15) is 10.2 Å². The van der Waals surface area contributed by atoms with Gasteiger partial charge in [-0.1, -0.05) is 32.4 Å². The molecule has 2 aromatic rings. The molecular weight excluding hydrogens is 336 g/mol. The average molecular weight is 364 g/mol. The summed E-state index contributed by atoms with van der Waals surface area (Å²) in [5.41, 5.74) is 3.57. The molecule has 2 saturated heterocycles. The third-order valence-electron chi connectivity index (χ3n) is 5.76. The van der Waals surface area contributed by atoms with Crippen LogP contribution in [0.4, 0.5) is 0 Å². The van der Waals surface area contributed by atoms with Crippen molar-refractivity contribution in [2.24, 2.45) is 0 Å². The van der Waals surface area contributed by atoms with E-state index in [1.54, 1.807) is 0 Å². The van der Waals surface area contributed by atoms with Crippen LogP contribution in [0.25, 0.3) is 11.3 Å². The van der Waals surface area contributed by atoms with Gasteiger partial charge in [0.2, 0.25) is 0 Å². The Kier molecular flexibility index (Phi) is 5.21. The Morgan fingerprint density at radius 3 is 2.26 bits per heavy atom. The molecule has 1 aromatic heterocycles. The summed E-state index contributed by atoms with van der Waals surface area (Å²) in [4.78, 5) is 17.2. The van der Waals surface area contributed by atoms with Gasteiger partial charge >= 0.3 is 0 Å². The molecule has 142 valence electrons. The maximum atomic E-state index is 12.7. The van der Waals surface area contributed by atoms with Crippen molar-refractivity contribution < 1.29 is 4.79 Å². The Labute approximate surface area is 161 Å². The molecule has 0 spiro atoms. The topological polar surface area (TPSA) is 49.3 Å². The fourth-order valence-corrected chi connectivity index (χ4v) is 3.91. The molecule has 0 unspecified atom stereocenters. The molecule has 3 heterocycles. The molecule has 0 aliphatic carbocycles. The van der Waals surface area contributed by atoms with Crippen LogP contribution in [0.15, 0.2) is 36.4 Å². The highest BCUT2D eigenvalue weighted by molar-refractivity contribution is 5.95. The lowest BCUT2D eigenvalue weighted by molar-refractivity contribution is 0.0203. The first kappa shape index (κ1) is 18.1. The third kappa shape index (κ3) is 3.88. The fraction of sp³-hybridized carbons (Fsp3) is 0.500. The molecule has 0 saturated carbocycles. The summed E-state index contributed by atoms with van der Waals surface area (Å²) in [6.45, 7) is 8.33. The van der Waals surface area contributed by atoms with Crippen molar-refractivity contribution in [2.75, 3.05) is 26.2 Å². The summed E-state index contributed by atoms with van der Waals surface area (Å²) in [6, 6.07) is 12.3. The molecule has 4 rings (SSSR count). The number of benzene rings is 1. The summed E-state index contributed by atoms with van der Waals surface area (Å²) >= 11 is 0. The van der Waals surface area contributed by atoms with Crippen LogP contribution in [-0.2, 0) is 0 Å². The van der Waals surface area contributed by atoms with Crippen LogP contribution in [0, 0.1) is 0 Å². The molecule has 2 fully saturated rings. The number of carbonyl (C=O) groups is 1. The molecule has 0 N–H and O–H groups in total. The van der Waals surface area contributed by atoms with Crippen molar-refractivity contribution in [3.8, 4) is 11.3 Å². The summed E-state index contributed by atoms with van der Waals surface area (Å²) in [6.07, 6.45) is 3.95. The smallest absolute Gasteiger partial charge is 0.253 e. The second kappa shape index (κ2) is 7.77. The van der Waals surface area contributed by atoms with E-state index in [-0.39, 0.29) is 5.91 Å². The molecule has 0 radical (unpaired) electrons. The van der Waals surface area contributed by atoms with Gasteiger partial charge in [-0.3, -0.25) is 9.69 Å². The van der Waals surface area contributed by atoms with Crippen LogP contribution in [0.3, 0.4) is 0 Å². The molecule has 5 nitrogen and oxygen atoms in total. The number of aromatic nitrogens is 2. The molecular formula is C22H28N4O. The van der Waals surface area contributed by atoms with Gasteiger partial charge in [0.15, 0.2) is 0 Å².